The Morgan fingerprint density at radius 1 is 1.62 bits per heavy atom. The van der Waals surface area contributed by atoms with Crippen LogP contribution in [0.3, 0.4) is 0 Å². The van der Waals surface area contributed by atoms with Crippen LogP contribution >= 0.6 is 0 Å². The van der Waals surface area contributed by atoms with Crippen LogP contribution in [0.2, 0.25) is 0 Å². The van der Waals surface area contributed by atoms with E-state index in [-0.39, 0.29) is 11.7 Å². The first-order valence-electron chi connectivity index (χ1n) is 5.13. The second-order valence-electron chi connectivity index (χ2n) is 4.77. The fraction of sp³-hybridized carbons (Fsp3) is 0.909. The van der Waals surface area contributed by atoms with Gasteiger partial charge in [0.1, 0.15) is 5.78 Å². The number of aliphatic hydroxyl groups is 1. The maximum Gasteiger partial charge on any atom is 0.144 e. The Labute approximate surface area is 80.3 Å². The largest absolute Gasteiger partial charge is 0.392 e. The molecule has 3 atom stereocenters. The molecule has 2 unspecified atom stereocenters. The molecule has 2 heteroatoms. The summed E-state index contributed by atoms with van der Waals surface area (Å²) in [7, 11) is 0. The number of rotatable bonds is 4. The summed E-state index contributed by atoms with van der Waals surface area (Å²) in [5.41, 5.74) is -0.561. The predicted molar refractivity (Wildman–Crippen MR) is 52.4 cm³/mol. The summed E-state index contributed by atoms with van der Waals surface area (Å²) >= 11 is 0. The molecule has 0 aromatic rings. The average Bonchev–Trinajstić information content (AvgIpc) is 2.81. The van der Waals surface area contributed by atoms with Crippen LogP contribution in [0.15, 0.2) is 0 Å². The fourth-order valence-electron chi connectivity index (χ4n) is 1.70. The predicted octanol–water partition coefficient (Wildman–Crippen LogP) is 2.01. The van der Waals surface area contributed by atoms with E-state index in [4.69, 9.17) is 0 Å². The average molecular weight is 184 g/mol. The molecule has 13 heavy (non-hydrogen) atoms. The normalized spacial score (nSPS) is 29.9. The maximum atomic E-state index is 11.9. The van der Waals surface area contributed by atoms with E-state index in [9.17, 15) is 9.90 Å². The molecule has 0 aliphatic heterocycles. The molecule has 0 bridgehead atoms. The SMILES string of the molecule is CCC1C[C@@H]1C(=O)C(C)(C)C(C)O. The zero-order valence-electron chi connectivity index (χ0n) is 9.00. The van der Waals surface area contributed by atoms with Crippen molar-refractivity contribution >= 4 is 5.78 Å². The van der Waals surface area contributed by atoms with Crippen LogP contribution in [0.4, 0.5) is 0 Å². The number of hydrogen-bond donors (Lipinski definition) is 1. The van der Waals surface area contributed by atoms with Crippen molar-refractivity contribution in [3.05, 3.63) is 0 Å². The van der Waals surface area contributed by atoms with Gasteiger partial charge in [-0.3, -0.25) is 4.79 Å². The number of carbonyl (C=O) groups excluding carboxylic acids is 1. The van der Waals surface area contributed by atoms with E-state index < -0.39 is 11.5 Å². The lowest BCUT2D eigenvalue weighted by atomic mass is 9.80. The van der Waals surface area contributed by atoms with Crippen molar-refractivity contribution in [1.29, 1.82) is 0 Å². The molecular weight excluding hydrogens is 164 g/mol. The van der Waals surface area contributed by atoms with Crippen molar-refractivity contribution < 1.29 is 9.90 Å². The molecule has 1 fully saturated rings. The lowest BCUT2D eigenvalue weighted by Gasteiger charge is -2.26. The molecule has 0 heterocycles. The van der Waals surface area contributed by atoms with Crippen LogP contribution in [0.25, 0.3) is 0 Å². The number of hydrogen-bond acceptors (Lipinski definition) is 2. The summed E-state index contributed by atoms with van der Waals surface area (Å²) in [5, 5.41) is 9.47. The first-order valence-corrected chi connectivity index (χ1v) is 5.13. The third kappa shape index (κ3) is 1.93. The molecule has 1 rings (SSSR count). The van der Waals surface area contributed by atoms with E-state index in [0.717, 1.165) is 12.8 Å². The second kappa shape index (κ2) is 3.41. The summed E-state index contributed by atoms with van der Waals surface area (Å²) in [6, 6.07) is 0. The van der Waals surface area contributed by atoms with Gasteiger partial charge in [0.05, 0.1) is 6.10 Å². The van der Waals surface area contributed by atoms with Gasteiger partial charge < -0.3 is 5.11 Å². The standard InChI is InChI=1S/C11H20O2/c1-5-8-6-9(8)10(13)11(3,4)7(2)12/h7-9,12H,5-6H2,1-4H3/t7?,8?,9-/m0/s1. The highest BCUT2D eigenvalue weighted by atomic mass is 16.3. The smallest absolute Gasteiger partial charge is 0.144 e. The fourth-order valence-corrected chi connectivity index (χ4v) is 1.70. The van der Waals surface area contributed by atoms with Crippen molar-refractivity contribution in [2.75, 3.05) is 0 Å². The molecule has 1 N–H and O–H groups in total. The Morgan fingerprint density at radius 3 is 2.46 bits per heavy atom. The molecule has 76 valence electrons. The number of carbonyl (C=O) groups is 1. The maximum absolute atomic E-state index is 11.9. The monoisotopic (exact) mass is 184 g/mol. The molecule has 1 aliphatic carbocycles. The molecule has 0 aromatic carbocycles. The van der Waals surface area contributed by atoms with Gasteiger partial charge in [-0.25, -0.2) is 0 Å². The quantitative estimate of drug-likeness (QED) is 0.725. The number of Topliss-reactive ketones (excluding diaryl/α,β-unsaturated/α-hetero) is 1. The molecule has 0 saturated heterocycles. The van der Waals surface area contributed by atoms with Gasteiger partial charge in [-0.1, -0.05) is 27.2 Å². The van der Waals surface area contributed by atoms with Gasteiger partial charge in [-0.15, -0.1) is 0 Å². The summed E-state index contributed by atoms with van der Waals surface area (Å²) in [4.78, 5) is 11.9. The molecule has 1 aliphatic rings. The first kappa shape index (κ1) is 10.7. The van der Waals surface area contributed by atoms with Crippen LogP contribution in [0, 0.1) is 17.3 Å². The van der Waals surface area contributed by atoms with Gasteiger partial charge in [0.2, 0.25) is 0 Å². The second-order valence-corrected chi connectivity index (χ2v) is 4.77. The highest BCUT2D eigenvalue weighted by Crippen LogP contribution is 2.46. The Hall–Kier alpha value is -0.370. The Kier molecular flexibility index (Phi) is 2.81. The van der Waals surface area contributed by atoms with Crippen molar-refractivity contribution in [3.8, 4) is 0 Å². The van der Waals surface area contributed by atoms with Crippen molar-refractivity contribution in [1.82, 2.24) is 0 Å². The van der Waals surface area contributed by atoms with E-state index in [1.165, 1.54) is 0 Å². The molecular formula is C11H20O2. The van der Waals surface area contributed by atoms with Crippen LogP contribution in [-0.2, 0) is 4.79 Å². The van der Waals surface area contributed by atoms with Gasteiger partial charge in [0.25, 0.3) is 0 Å². The molecule has 0 radical (unpaired) electrons. The molecule has 0 amide bonds. The molecule has 1 saturated carbocycles. The molecule has 2 nitrogen and oxygen atoms in total. The highest BCUT2D eigenvalue weighted by molar-refractivity contribution is 5.89. The van der Waals surface area contributed by atoms with Gasteiger partial charge >= 0.3 is 0 Å². The van der Waals surface area contributed by atoms with E-state index in [1.54, 1.807) is 6.92 Å². The van der Waals surface area contributed by atoms with Crippen LogP contribution in [0.5, 0.6) is 0 Å². The summed E-state index contributed by atoms with van der Waals surface area (Å²) < 4.78 is 0. The van der Waals surface area contributed by atoms with E-state index in [2.05, 4.69) is 6.92 Å². The minimum absolute atomic E-state index is 0.231. The first-order chi connectivity index (χ1) is 5.91. The van der Waals surface area contributed by atoms with E-state index in [0.29, 0.717) is 5.92 Å². The zero-order valence-corrected chi connectivity index (χ0v) is 9.00. The minimum Gasteiger partial charge on any atom is -0.392 e. The van der Waals surface area contributed by atoms with Crippen LogP contribution in [-0.4, -0.2) is 17.0 Å². The number of ketones is 1. The zero-order chi connectivity index (χ0) is 10.2. The number of aliphatic hydroxyl groups excluding tert-OH is 1. The third-order valence-corrected chi connectivity index (χ3v) is 3.46. The third-order valence-electron chi connectivity index (χ3n) is 3.46. The Bertz CT molecular complexity index is 206. The summed E-state index contributed by atoms with van der Waals surface area (Å²) in [5.74, 6) is 1.06. The summed E-state index contributed by atoms with van der Waals surface area (Å²) in [6.07, 6.45) is 1.58. The van der Waals surface area contributed by atoms with Crippen molar-refractivity contribution in [2.45, 2.75) is 46.6 Å². The van der Waals surface area contributed by atoms with Crippen LogP contribution in [0.1, 0.15) is 40.5 Å². The van der Waals surface area contributed by atoms with Gasteiger partial charge in [0, 0.05) is 11.3 Å². The minimum atomic E-state index is -0.561. The molecule has 0 aromatic heterocycles. The highest BCUT2D eigenvalue weighted by Gasteiger charge is 2.48. The summed E-state index contributed by atoms with van der Waals surface area (Å²) in [6.45, 7) is 7.49. The van der Waals surface area contributed by atoms with E-state index >= 15 is 0 Å². The van der Waals surface area contributed by atoms with E-state index in [1.807, 2.05) is 13.8 Å². The van der Waals surface area contributed by atoms with Gasteiger partial charge in [0.15, 0.2) is 0 Å². The Balaban J connectivity index is 2.58. The van der Waals surface area contributed by atoms with Crippen molar-refractivity contribution in [2.24, 2.45) is 17.3 Å². The lowest BCUT2D eigenvalue weighted by Crippen LogP contribution is -2.36. The van der Waals surface area contributed by atoms with Gasteiger partial charge in [-0.05, 0) is 19.3 Å². The lowest BCUT2D eigenvalue weighted by molar-refractivity contribution is -0.134. The molecule has 0 spiro atoms. The van der Waals surface area contributed by atoms with Crippen molar-refractivity contribution in [3.63, 3.8) is 0 Å². The van der Waals surface area contributed by atoms with Crippen LogP contribution < -0.4 is 0 Å². The topological polar surface area (TPSA) is 37.3 Å². The Morgan fingerprint density at radius 2 is 2.15 bits per heavy atom. The van der Waals surface area contributed by atoms with Gasteiger partial charge in [-0.2, -0.15) is 0 Å².